The first-order valence-corrected chi connectivity index (χ1v) is 5.56. The second kappa shape index (κ2) is 5.54. The van der Waals surface area contributed by atoms with Crippen LogP contribution in [0.15, 0.2) is 18.2 Å². The molecule has 0 saturated carbocycles. The lowest BCUT2D eigenvalue weighted by Crippen LogP contribution is -2.16. The second-order valence-corrected chi connectivity index (χ2v) is 4.16. The molecular formula is C13H18O3. The van der Waals surface area contributed by atoms with Crippen LogP contribution in [0.25, 0.3) is 0 Å². The summed E-state index contributed by atoms with van der Waals surface area (Å²) < 4.78 is 0. The van der Waals surface area contributed by atoms with Gasteiger partial charge < -0.3 is 10.2 Å². The number of carbonyl (C=O) groups is 1. The van der Waals surface area contributed by atoms with Crippen molar-refractivity contribution < 1.29 is 15.0 Å². The van der Waals surface area contributed by atoms with Gasteiger partial charge in [0, 0.05) is 0 Å². The molecule has 0 aliphatic rings. The minimum absolute atomic E-state index is 0.188. The summed E-state index contributed by atoms with van der Waals surface area (Å²) in [5.41, 5.74) is 1.76. The van der Waals surface area contributed by atoms with Crippen molar-refractivity contribution in [2.75, 3.05) is 0 Å². The molecule has 0 radical (unpaired) electrons. The highest BCUT2D eigenvalue weighted by atomic mass is 16.4. The van der Waals surface area contributed by atoms with Crippen LogP contribution in [0.5, 0.6) is 5.75 Å². The van der Waals surface area contributed by atoms with Crippen molar-refractivity contribution in [3.05, 3.63) is 29.3 Å². The first-order valence-electron chi connectivity index (χ1n) is 5.56. The van der Waals surface area contributed by atoms with Crippen LogP contribution in [0.3, 0.4) is 0 Å². The number of phenols is 1. The van der Waals surface area contributed by atoms with Gasteiger partial charge in [-0.05, 0) is 31.4 Å². The van der Waals surface area contributed by atoms with Crippen LogP contribution in [0.1, 0.15) is 30.9 Å². The molecule has 1 unspecified atom stereocenters. The van der Waals surface area contributed by atoms with Gasteiger partial charge in [0.25, 0.3) is 0 Å². The standard InChI is InChI=1S/C13H18O3/c1-3-4-10(13(15)16)8-11-7-9(2)5-6-12(11)14/h5-7,10,14H,3-4,8H2,1-2H3,(H,15,16). The van der Waals surface area contributed by atoms with Crippen LogP contribution in [0, 0.1) is 12.8 Å². The number of hydrogen-bond acceptors (Lipinski definition) is 2. The van der Waals surface area contributed by atoms with Gasteiger partial charge >= 0.3 is 5.97 Å². The van der Waals surface area contributed by atoms with Gasteiger partial charge in [0.05, 0.1) is 5.92 Å². The Kier molecular flexibility index (Phi) is 4.35. The smallest absolute Gasteiger partial charge is 0.306 e. The SMILES string of the molecule is CCCC(Cc1cc(C)ccc1O)C(=O)O. The van der Waals surface area contributed by atoms with Crippen molar-refractivity contribution in [3.8, 4) is 5.75 Å². The Labute approximate surface area is 95.7 Å². The molecule has 0 saturated heterocycles. The summed E-state index contributed by atoms with van der Waals surface area (Å²) in [4.78, 5) is 11.0. The van der Waals surface area contributed by atoms with E-state index in [0.29, 0.717) is 12.8 Å². The summed E-state index contributed by atoms with van der Waals surface area (Å²) in [6.07, 6.45) is 1.88. The average Bonchev–Trinajstić information content (AvgIpc) is 2.22. The number of aryl methyl sites for hydroxylation is 1. The Morgan fingerprint density at radius 2 is 2.12 bits per heavy atom. The summed E-state index contributed by atoms with van der Waals surface area (Å²) in [6, 6.07) is 5.28. The maximum Gasteiger partial charge on any atom is 0.306 e. The third-order valence-electron chi connectivity index (χ3n) is 2.69. The lowest BCUT2D eigenvalue weighted by molar-refractivity contribution is -0.141. The third-order valence-corrected chi connectivity index (χ3v) is 2.69. The molecule has 1 aromatic carbocycles. The van der Waals surface area contributed by atoms with Crippen LogP contribution >= 0.6 is 0 Å². The molecule has 0 spiro atoms. The average molecular weight is 222 g/mol. The Morgan fingerprint density at radius 3 is 2.69 bits per heavy atom. The van der Waals surface area contributed by atoms with E-state index >= 15 is 0 Å². The molecule has 1 rings (SSSR count). The molecular weight excluding hydrogens is 204 g/mol. The van der Waals surface area contributed by atoms with E-state index < -0.39 is 11.9 Å². The van der Waals surface area contributed by atoms with Gasteiger partial charge in [-0.2, -0.15) is 0 Å². The van der Waals surface area contributed by atoms with Crippen molar-refractivity contribution in [2.24, 2.45) is 5.92 Å². The highest BCUT2D eigenvalue weighted by Crippen LogP contribution is 2.23. The van der Waals surface area contributed by atoms with Crippen molar-refractivity contribution in [1.82, 2.24) is 0 Å². The maximum absolute atomic E-state index is 11.0. The third kappa shape index (κ3) is 3.26. The zero-order valence-corrected chi connectivity index (χ0v) is 9.73. The summed E-state index contributed by atoms with van der Waals surface area (Å²) in [7, 11) is 0. The highest BCUT2D eigenvalue weighted by molar-refractivity contribution is 5.70. The van der Waals surface area contributed by atoms with Gasteiger partial charge in [-0.15, -0.1) is 0 Å². The van der Waals surface area contributed by atoms with E-state index in [2.05, 4.69) is 0 Å². The van der Waals surface area contributed by atoms with E-state index in [-0.39, 0.29) is 5.75 Å². The zero-order valence-electron chi connectivity index (χ0n) is 9.73. The summed E-state index contributed by atoms with van der Waals surface area (Å²) >= 11 is 0. The van der Waals surface area contributed by atoms with Crippen molar-refractivity contribution in [1.29, 1.82) is 0 Å². The molecule has 0 aliphatic carbocycles. The molecule has 0 aromatic heterocycles. The van der Waals surface area contributed by atoms with E-state index in [4.69, 9.17) is 5.11 Å². The molecule has 0 amide bonds. The van der Waals surface area contributed by atoms with E-state index in [1.54, 1.807) is 6.07 Å². The van der Waals surface area contributed by atoms with Crippen molar-refractivity contribution >= 4 is 5.97 Å². The van der Waals surface area contributed by atoms with Gasteiger partial charge in [0.15, 0.2) is 0 Å². The van der Waals surface area contributed by atoms with Crippen LogP contribution in [-0.2, 0) is 11.2 Å². The number of hydrogen-bond donors (Lipinski definition) is 2. The first kappa shape index (κ1) is 12.6. The number of carboxylic acids is 1. The van der Waals surface area contributed by atoms with Gasteiger partial charge in [0.1, 0.15) is 5.75 Å². The van der Waals surface area contributed by atoms with Crippen molar-refractivity contribution in [2.45, 2.75) is 33.1 Å². The molecule has 88 valence electrons. The number of phenolic OH excluding ortho intramolecular Hbond substituents is 1. The fraction of sp³-hybridized carbons (Fsp3) is 0.462. The monoisotopic (exact) mass is 222 g/mol. The lowest BCUT2D eigenvalue weighted by atomic mass is 9.94. The van der Waals surface area contributed by atoms with Gasteiger partial charge in [-0.3, -0.25) is 4.79 Å². The molecule has 1 atom stereocenters. The van der Waals surface area contributed by atoms with E-state index in [1.807, 2.05) is 26.0 Å². The lowest BCUT2D eigenvalue weighted by Gasteiger charge is -2.12. The van der Waals surface area contributed by atoms with Crippen LogP contribution < -0.4 is 0 Å². The predicted molar refractivity (Wildman–Crippen MR) is 62.6 cm³/mol. The number of carboxylic acid groups (broad SMARTS) is 1. The van der Waals surface area contributed by atoms with Crippen molar-refractivity contribution in [3.63, 3.8) is 0 Å². The minimum atomic E-state index is -0.789. The van der Waals surface area contributed by atoms with E-state index in [1.165, 1.54) is 0 Å². The predicted octanol–water partition coefficient (Wildman–Crippen LogP) is 2.74. The summed E-state index contributed by atoms with van der Waals surface area (Å²) in [6.45, 7) is 3.89. The van der Waals surface area contributed by atoms with Crippen LogP contribution in [-0.4, -0.2) is 16.2 Å². The topological polar surface area (TPSA) is 57.5 Å². The van der Waals surface area contributed by atoms with Crippen LogP contribution in [0.4, 0.5) is 0 Å². The molecule has 0 bridgehead atoms. The van der Waals surface area contributed by atoms with Gasteiger partial charge in [0.2, 0.25) is 0 Å². The fourth-order valence-corrected chi connectivity index (χ4v) is 1.80. The quantitative estimate of drug-likeness (QED) is 0.805. The summed E-state index contributed by atoms with van der Waals surface area (Å²) in [5.74, 6) is -1.01. The Bertz CT molecular complexity index is 371. The zero-order chi connectivity index (χ0) is 12.1. The molecule has 2 N–H and O–H groups in total. The summed E-state index contributed by atoms with van der Waals surface area (Å²) in [5, 5.41) is 18.7. The molecule has 0 heterocycles. The Morgan fingerprint density at radius 1 is 1.44 bits per heavy atom. The fourth-order valence-electron chi connectivity index (χ4n) is 1.80. The number of aromatic hydroxyl groups is 1. The molecule has 16 heavy (non-hydrogen) atoms. The maximum atomic E-state index is 11.0. The van der Waals surface area contributed by atoms with Gasteiger partial charge in [-0.25, -0.2) is 0 Å². The molecule has 0 fully saturated rings. The first-order chi connectivity index (χ1) is 7.54. The molecule has 0 aliphatic heterocycles. The minimum Gasteiger partial charge on any atom is -0.508 e. The van der Waals surface area contributed by atoms with E-state index in [9.17, 15) is 9.90 Å². The number of aliphatic carboxylic acids is 1. The molecule has 3 heteroatoms. The second-order valence-electron chi connectivity index (χ2n) is 4.16. The number of rotatable bonds is 5. The molecule has 1 aromatic rings. The highest BCUT2D eigenvalue weighted by Gasteiger charge is 2.18. The Balaban J connectivity index is 2.84. The van der Waals surface area contributed by atoms with Gasteiger partial charge in [-0.1, -0.05) is 31.0 Å². The molecule has 3 nitrogen and oxygen atoms in total. The van der Waals surface area contributed by atoms with E-state index in [0.717, 1.165) is 17.5 Å². The normalized spacial score (nSPS) is 12.4. The van der Waals surface area contributed by atoms with Crippen LogP contribution in [0.2, 0.25) is 0 Å². The number of benzene rings is 1. The Hall–Kier alpha value is -1.51. The largest absolute Gasteiger partial charge is 0.508 e.